The van der Waals surface area contributed by atoms with Gasteiger partial charge in [0.05, 0.1) is 17.0 Å². The van der Waals surface area contributed by atoms with Crippen molar-refractivity contribution in [3.63, 3.8) is 0 Å². The molecule has 0 spiro atoms. The van der Waals surface area contributed by atoms with Gasteiger partial charge < -0.3 is 10.1 Å². The first-order valence-electron chi connectivity index (χ1n) is 9.70. The van der Waals surface area contributed by atoms with Crippen LogP contribution < -0.4 is 14.8 Å². The first-order valence-corrected chi connectivity index (χ1v) is 11.6. The Bertz CT molecular complexity index is 1170. The van der Waals surface area contributed by atoms with Gasteiger partial charge in [-0.05, 0) is 47.9 Å². The average molecular weight is 477 g/mol. The van der Waals surface area contributed by atoms with E-state index < -0.39 is 22.0 Å². The second kappa shape index (κ2) is 10.6. The van der Waals surface area contributed by atoms with Gasteiger partial charge in [0.2, 0.25) is 15.9 Å². The molecule has 0 aliphatic rings. The van der Waals surface area contributed by atoms with Crippen LogP contribution in [-0.2, 0) is 27.8 Å². The fourth-order valence-electron chi connectivity index (χ4n) is 3.02. The summed E-state index contributed by atoms with van der Waals surface area (Å²) in [6, 6.07) is 17.7. The summed E-state index contributed by atoms with van der Waals surface area (Å²) in [4.78, 5) is 12.8. The van der Waals surface area contributed by atoms with Gasteiger partial charge in [-0.2, -0.15) is 4.72 Å². The lowest BCUT2D eigenvalue weighted by Gasteiger charge is -2.19. The molecule has 0 saturated carbocycles. The molecule has 0 bridgehead atoms. The van der Waals surface area contributed by atoms with Gasteiger partial charge in [0, 0.05) is 6.54 Å². The van der Waals surface area contributed by atoms with E-state index in [0.717, 1.165) is 5.56 Å². The Balaban J connectivity index is 1.80. The van der Waals surface area contributed by atoms with Crippen LogP contribution in [0.5, 0.6) is 5.75 Å². The van der Waals surface area contributed by atoms with Gasteiger partial charge in [-0.3, -0.25) is 4.79 Å². The number of hydrogen-bond donors (Lipinski definition) is 2. The van der Waals surface area contributed by atoms with Crippen molar-refractivity contribution in [3.05, 3.63) is 94.8 Å². The SMILES string of the molecule is COc1ccc(S(=O)(=O)N[C@@H](Cc2ccccc2)C(=O)NCc2ccc(F)cc2)cc1Cl. The summed E-state index contributed by atoms with van der Waals surface area (Å²) >= 11 is 6.07. The molecule has 3 rings (SSSR count). The second-order valence-electron chi connectivity index (χ2n) is 7.00. The minimum Gasteiger partial charge on any atom is -0.495 e. The van der Waals surface area contributed by atoms with E-state index in [2.05, 4.69) is 10.0 Å². The van der Waals surface area contributed by atoms with E-state index in [1.54, 1.807) is 36.4 Å². The Morgan fingerprint density at radius 3 is 2.34 bits per heavy atom. The highest BCUT2D eigenvalue weighted by Gasteiger charge is 2.26. The molecule has 32 heavy (non-hydrogen) atoms. The summed E-state index contributed by atoms with van der Waals surface area (Å²) in [5, 5.41) is 2.84. The fraction of sp³-hybridized carbons (Fsp3) is 0.174. The highest BCUT2D eigenvalue weighted by molar-refractivity contribution is 7.89. The van der Waals surface area contributed by atoms with Crippen LogP contribution in [0.15, 0.2) is 77.7 Å². The molecule has 0 radical (unpaired) electrons. The molecule has 6 nitrogen and oxygen atoms in total. The van der Waals surface area contributed by atoms with E-state index in [1.807, 2.05) is 6.07 Å². The van der Waals surface area contributed by atoms with Crippen molar-refractivity contribution in [2.45, 2.75) is 23.9 Å². The maximum absolute atomic E-state index is 13.1. The van der Waals surface area contributed by atoms with E-state index in [1.165, 1.54) is 37.4 Å². The summed E-state index contributed by atoms with van der Waals surface area (Å²) in [5.74, 6) is -0.558. The lowest BCUT2D eigenvalue weighted by molar-refractivity contribution is -0.122. The monoisotopic (exact) mass is 476 g/mol. The average Bonchev–Trinajstić information content (AvgIpc) is 2.78. The van der Waals surface area contributed by atoms with Crippen LogP contribution in [-0.4, -0.2) is 27.5 Å². The van der Waals surface area contributed by atoms with Crippen LogP contribution in [0.2, 0.25) is 5.02 Å². The van der Waals surface area contributed by atoms with Crippen LogP contribution in [0.3, 0.4) is 0 Å². The van der Waals surface area contributed by atoms with Crippen molar-refractivity contribution in [2.24, 2.45) is 0 Å². The number of hydrogen-bond acceptors (Lipinski definition) is 4. The number of amides is 1. The zero-order chi connectivity index (χ0) is 23.1. The van der Waals surface area contributed by atoms with Gasteiger partial charge in [0.25, 0.3) is 0 Å². The van der Waals surface area contributed by atoms with Gasteiger partial charge in [0.1, 0.15) is 17.6 Å². The van der Waals surface area contributed by atoms with E-state index in [4.69, 9.17) is 16.3 Å². The maximum atomic E-state index is 13.1. The molecular formula is C23H22ClFN2O4S. The third kappa shape index (κ3) is 6.29. The van der Waals surface area contributed by atoms with Crippen molar-refractivity contribution in [3.8, 4) is 5.75 Å². The number of methoxy groups -OCH3 is 1. The third-order valence-electron chi connectivity index (χ3n) is 4.71. The van der Waals surface area contributed by atoms with Crippen LogP contribution >= 0.6 is 11.6 Å². The molecule has 2 N–H and O–H groups in total. The topological polar surface area (TPSA) is 84.5 Å². The maximum Gasteiger partial charge on any atom is 0.241 e. The molecule has 0 unspecified atom stereocenters. The molecule has 0 fully saturated rings. The molecule has 0 aromatic heterocycles. The van der Waals surface area contributed by atoms with Crippen LogP contribution in [0.1, 0.15) is 11.1 Å². The zero-order valence-corrected chi connectivity index (χ0v) is 18.8. The molecule has 168 valence electrons. The van der Waals surface area contributed by atoms with E-state index in [0.29, 0.717) is 11.3 Å². The zero-order valence-electron chi connectivity index (χ0n) is 17.2. The number of rotatable bonds is 9. The quantitative estimate of drug-likeness (QED) is 0.493. The standard InChI is InChI=1S/C23H22ClFN2O4S/c1-31-22-12-11-19(14-20(22)24)32(29,30)27-21(13-16-5-3-2-4-6-16)23(28)26-15-17-7-9-18(25)10-8-17/h2-12,14,21,27H,13,15H2,1H3,(H,26,28)/t21-/m0/s1. The number of carbonyl (C=O) groups is 1. The number of ether oxygens (including phenoxy) is 1. The summed E-state index contributed by atoms with van der Waals surface area (Å²) in [6.07, 6.45) is 0.138. The van der Waals surface area contributed by atoms with Gasteiger partial charge >= 0.3 is 0 Å². The van der Waals surface area contributed by atoms with E-state index >= 15 is 0 Å². The fourth-order valence-corrected chi connectivity index (χ4v) is 4.57. The Morgan fingerprint density at radius 1 is 1.03 bits per heavy atom. The Morgan fingerprint density at radius 2 is 1.72 bits per heavy atom. The van der Waals surface area contributed by atoms with Gasteiger partial charge in [-0.1, -0.05) is 54.1 Å². The van der Waals surface area contributed by atoms with Crippen molar-refractivity contribution in [2.75, 3.05) is 7.11 Å². The van der Waals surface area contributed by atoms with E-state index in [9.17, 15) is 17.6 Å². The van der Waals surface area contributed by atoms with Crippen LogP contribution in [0.4, 0.5) is 4.39 Å². The Kier molecular flexibility index (Phi) is 7.84. The largest absolute Gasteiger partial charge is 0.495 e. The second-order valence-corrected chi connectivity index (χ2v) is 9.13. The first kappa shape index (κ1) is 23.7. The minimum absolute atomic E-state index is 0.0901. The lowest BCUT2D eigenvalue weighted by Crippen LogP contribution is -2.47. The third-order valence-corrected chi connectivity index (χ3v) is 6.47. The van der Waals surface area contributed by atoms with Crippen molar-refractivity contribution < 1.29 is 22.3 Å². The molecular weight excluding hydrogens is 455 g/mol. The molecule has 3 aromatic rings. The predicted molar refractivity (Wildman–Crippen MR) is 121 cm³/mol. The molecule has 0 heterocycles. The summed E-state index contributed by atoms with van der Waals surface area (Å²) in [6.45, 7) is 0.125. The normalized spacial score (nSPS) is 12.2. The molecule has 0 saturated heterocycles. The number of benzene rings is 3. The summed E-state index contributed by atoms with van der Waals surface area (Å²) in [7, 11) is -2.64. The highest BCUT2D eigenvalue weighted by atomic mass is 35.5. The Hall–Kier alpha value is -2.94. The number of carbonyl (C=O) groups excluding carboxylic acids is 1. The smallest absolute Gasteiger partial charge is 0.241 e. The molecule has 3 aromatic carbocycles. The van der Waals surface area contributed by atoms with Gasteiger partial charge in [-0.15, -0.1) is 0 Å². The molecule has 0 aliphatic carbocycles. The van der Waals surface area contributed by atoms with Crippen molar-refractivity contribution in [1.29, 1.82) is 0 Å². The van der Waals surface area contributed by atoms with Crippen molar-refractivity contribution in [1.82, 2.24) is 10.0 Å². The molecule has 9 heteroatoms. The van der Waals surface area contributed by atoms with Gasteiger partial charge in [-0.25, -0.2) is 12.8 Å². The molecule has 1 atom stereocenters. The lowest BCUT2D eigenvalue weighted by atomic mass is 10.1. The number of sulfonamides is 1. The first-order chi connectivity index (χ1) is 15.3. The van der Waals surface area contributed by atoms with Crippen LogP contribution in [0, 0.1) is 5.82 Å². The molecule has 1 amide bonds. The van der Waals surface area contributed by atoms with Gasteiger partial charge in [0.15, 0.2) is 0 Å². The number of halogens is 2. The summed E-state index contributed by atoms with van der Waals surface area (Å²) < 4.78 is 46.6. The highest BCUT2D eigenvalue weighted by Crippen LogP contribution is 2.27. The van der Waals surface area contributed by atoms with E-state index in [-0.39, 0.29) is 28.7 Å². The summed E-state index contributed by atoms with van der Waals surface area (Å²) in [5.41, 5.74) is 1.47. The van der Waals surface area contributed by atoms with Crippen molar-refractivity contribution >= 4 is 27.5 Å². The Labute approximate surface area is 191 Å². The van der Waals surface area contributed by atoms with Crippen LogP contribution in [0.25, 0.3) is 0 Å². The number of nitrogens with one attached hydrogen (secondary N) is 2. The minimum atomic E-state index is -4.06. The predicted octanol–water partition coefficient (Wildman–Crippen LogP) is 3.69. The molecule has 0 aliphatic heterocycles.